The zero-order chi connectivity index (χ0) is 10.5. The first-order valence-corrected chi connectivity index (χ1v) is 5.92. The zero-order valence-corrected chi connectivity index (χ0v) is 9.33. The van der Waals surface area contributed by atoms with E-state index in [0.29, 0.717) is 5.13 Å². The van der Waals surface area contributed by atoms with Crippen molar-refractivity contribution in [3.05, 3.63) is 35.3 Å². The van der Waals surface area contributed by atoms with Crippen molar-refractivity contribution in [2.75, 3.05) is 5.73 Å². The highest BCUT2D eigenvalue weighted by atomic mass is 32.1. The lowest BCUT2D eigenvalue weighted by Gasteiger charge is -1.80. The van der Waals surface area contributed by atoms with Gasteiger partial charge in [0.2, 0.25) is 5.13 Å². The molecule has 0 aliphatic rings. The summed E-state index contributed by atoms with van der Waals surface area (Å²) in [5.41, 5.74) is 9.68. The van der Waals surface area contributed by atoms with Gasteiger partial charge in [-0.3, -0.25) is 0 Å². The van der Waals surface area contributed by atoms with E-state index in [1.807, 2.05) is 23.7 Å². The van der Waals surface area contributed by atoms with Gasteiger partial charge in [-0.15, -0.1) is 21.5 Å². The van der Waals surface area contributed by atoms with Gasteiger partial charge >= 0.3 is 0 Å². The number of para-hydroxylation sites is 1. The molecule has 76 valence electrons. The Bertz CT molecular complexity index is 487. The standard InChI is InChI=1S/C7H5NS.C2H3N3S/c1-2-4-7-6(3-1)8-5-9-7;3-2-5-4-1-6-2/h1-5H;1H,(H2,3,5). The van der Waals surface area contributed by atoms with Gasteiger partial charge in [0.05, 0.1) is 15.7 Å². The average Bonchev–Trinajstić information content (AvgIpc) is 2.88. The average molecular weight is 236 g/mol. The van der Waals surface area contributed by atoms with Crippen LogP contribution >= 0.6 is 22.7 Å². The van der Waals surface area contributed by atoms with Crippen LogP contribution in [0.25, 0.3) is 10.2 Å². The molecule has 0 saturated heterocycles. The van der Waals surface area contributed by atoms with Crippen LogP contribution in [0, 0.1) is 0 Å². The number of hydrogen-bond acceptors (Lipinski definition) is 6. The lowest BCUT2D eigenvalue weighted by molar-refractivity contribution is 1.10. The molecule has 0 spiro atoms. The van der Waals surface area contributed by atoms with Crippen molar-refractivity contribution < 1.29 is 0 Å². The molecule has 4 nitrogen and oxygen atoms in total. The Hall–Kier alpha value is -1.53. The molecule has 2 N–H and O–H groups in total. The monoisotopic (exact) mass is 236 g/mol. The predicted octanol–water partition coefficient (Wildman–Crippen LogP) is 2.42. The van der Waals surface area contributed by atoms with Gasteiger partial charge in [0, 0.05) is 0 Å². The van der Waals surface area contributed by atoms with E-state index in [0.717, 1.165) is 5.52 Å². The maximum Gasteiger partial charge on any atom is 0.202 e. The third-order valence-electron chi connectivity index (χ3n) is 1.61. The highest BCUT2D eigenvalue weighted by molar-refractivity contribution is 7.16. The van der Waals surface area contributed by atoms with Crippen molar-refractivity contribution >= 4 is 38.0 Å². The molecule has 0 amide bonds. The van der Waals surface area contributed by atoms with E-state index in [1.165, 1.54) is 16.0 Å². The summed E-state index contributed by atoms with van der Waals surface area (Å²) in [6.45, 7) is 0. The Morgan fingerprint density at radius 2 is 1.93 bits per heavy atom. The Kier molecular flexibility index (Phi) is 3.21. The molecule has 3 rings (SSSR count). The molecule has 0 saturated carbocycles. The molecule has 0 aliphatic carbocycles. The van der Waals surface area contributed by atoms with Crippen LogP contribution in [0.2, 0.25) is 0 Å². The molecule has 0 bridgehead atoms. The Labute approximate surface area is 94.4 Å². The number of anilines is 1. The third kappa shape index (κ3) is 2.71. The number of hydrogen-bond donors (Lipinski definition) is 1. The van der Waals surface area contributed by atoms with E-state index >= 15 is 0 Å². The van der Waals surface area contributed by atoms with Gasteiger partial charge in [0.25, 0.3) is 0 Å². The van der Waals surface area contributed by atoms with E-state index in [9.17, 15) is 0 Å². The number of fused-ring (bicyclic) bond motifs is 1. The van der Waals surface area contributed by atoms with Crippen LogP contribution < -0.4 is 5.73 Å². The number of aromatic nitrogens is 3. The fourth-order valence-electron chi connectivity index (χ4n) is 0.985. The van der Waals surface area contributed by atoms with Crippen LogP contribution in [0.3, 0.4) is 0 Å². The highest BCUT2D eigenvalue weighted by Gasteiger charge is 1.89. The van der Waals surface area contributed by atoms with Crippen molar-refractivity contribution in [2.45, 2.75) is 0 Å². The molecule has 0 radical (unpaired) electrons. The van der Waals surface area contributed by atoms with E-state index in [2.05, 4.69) is 21.2 Å². The van der Waals surface area contributed by atoms with Crippen LogP contribution in [-0.2, 0) is 0 Å². The molecule has 15 heavy (non-hydrogen) atoms. The first-order chi connectivity index (χ1) is 7.36. The van der Waals surface area contributed by atoms with Crippen LogP contribution in [-0.4, -0.2) is 15.2 Å². The van der Waals surface area contributed by atoms with Gasteiger partial charge in [0.15, 0.2) is 0 Å². The Morgan fingerprint density at radius 1 is 1.07 bits per heavy atom. The molecule has 2 heterocycles. The normalized spacial score (nSPS) is 9.60. The largest absolute Gasteiger partial charge is 0.374 e. The summed E-state index contributed by atoms with van der Waals surface area (Å²) < 4.78 is 1.26. The summed E-state index contributed by atoms with van der Waals surface area (Å²) in [5.74, 6) is 0. The van der Waals surface area contributed by atoms with Crippen molar-refractivity contribution in [3.8, 4) is 0 Å². The molecule has 6 heteroatoms. The predicted molar refractivity (Wildman–Crippen MR) is 63.9 cm³/mol. The quantitative estimate of drug-likeness (QED) is 0.651. The topological polar surface area (TPSA) is 64.7 Å². The second-order valence-corrected chi connectivity index (χ2v) is 4.35. The molecule has 0 unspecified atom stereocenters. The maximum atomic E-state index is 5.12. The zero-order valence-electron chi connectivity index (χ0n) is 7.70. The van der Waals surface area contributed by atoms with Gasteiger partial charge < -0.3 is 5.73 Å². The van der Waals surface area contributed by atoms with Crippen LogP contribution in [0.4, 0.5) is 5.13 Å². The Morgan fingerprint density at radius 3 is 2.53 bits per heavy atom. The second-order valence-electron chi connectivity index (χ2n) is 2.60. The Balaban J connectivity index is 0.000000124. The van der Waals surface area contributed by atoms with E-state index in [1.54, 1.807) is 16.8 Å². The lowest BCUT2D eigenvalue weighted by atomic mass is 10.3. The fraction of sp³-hybridized carbons (Fsp3) is 0. The maximum absolute atomic E-state index is 5.12. The van der Waals surface area contributed by atoms with E-state index in [4.69, 9.17) is 5.73 Å². The molecule has 1 aromatic carbocycles. The SMILES string of the molecule is Nc1nncs1.c1ccc2scnc2c1. The van der Waals surface area contributed by atoms with Crippen LogP contribution in [0.1, 0.15) is 0 Å². The molecule has 0 atom stereocenters. The van der Waals surface area contributed by atoms with E-state index in [-0.39, 0.29) is 0 Å². The number of nitrogen functional groups attached to an aromatic ring is 1. The molecule has 0 fully saturated rings. The van der Waals surface area contributed by atoms with Gasteiger partial charge in [0.1, 0.15) is 5.51 Å². The van der Waals surface area contributed by atoms with Crippen molar-refractivity contribution in [2.24, 2.45) is 0 Å². The first kappa shape index (κ1) is 10.0. The van der Waals surface area contributed by atoms with Gasteiger partial charge in [-0.05, 0) is 12.1 Å². The molecular formula is C9H8N4S2. The van der Waals surface area contributed by atoms with Crippen LogP contribution in [0.15, 0.2) is 35.3 Å². The van der Waals surface area contributed by atoms with E-state index < -0.39 is 0 Å². The van der Waals surface area contributed by atoms with Crippen LogP contribution in [0.5, 0.6) is 0 Å². The summed E-state index contributed by atoms with van der Waals surface area (Å²) in [5, 5.41) is 7.45. The summed E-state index contributed by atoms with van der Waals surface area (Å²) in [6, 6.07) is 8.13. The molecule has 0 aliphatic heterocycles. The summed E-state index contributed by atoms with van der Waals surface area (Å²) >= 11 is 3.01. The van der Waals surface area contributed by atoms with Gasteiger partial charge in [-0.2, -0.15) is 0 Å². The highest BCUT2D eigenvalue weighted by Crippen LogP contribution is 2.15. The summed E-state index contributed by atoms with van der Waals surface area (Å²) in [4.78, 5) is 4.14. The van der Waals surface area contributed by atoms with Crippen molar-refractivity contribution in [1.29, 1.82) is 0 Å². The van der Waals surface area contributed by atoms with Crippen molar-refractivity contribution in [3.63, 3.8) is 0 Å². The minimum Gasteiger partial charge on any atom is -0.374 e. The smallest absolute Gasteiger partial charge is 0.202 e. The minimum atomic E-state index is 0.523. The van der Waals surface area contributed by atoms with Gasteiger partial charge in [-0.1, -0.05) is 23.5 Å². The number of benzene rings is 1. The minimum absolute atomic E-state index is 0.523. The fourth-order valence-corrected chi connectivity index (χ4v) is 1.96. The number of nitrogens with two attached hydrogens (primary N) is 1. The number of nitrogens with zero attached hydrogens (tertiary/aromatic N) is 3. The molecule has 3 aromatic rings. The second kappa shape index (κ2) is 4.81. The molecule has 2 aromatic heterocycles. The van der Waals surface area contributed by atoms with Gasteiger partial charge in [-0.25, -0.2) is 4.98 Å². The third-order valence-corrected chi connectivity index (χ3v) is 2.95. The lowest BCUT2D eigenvalue weighted by Crippen LogP contribution is -1.79. The first-order valence-electron chi connectivity index (χ1n) is 4.16. The molecular weight excluding hydrogens is 228 g/mol. The van der Waals surface area contributed by atoms with Crippen molar-refractivity contribution in [1.82, 2.24) is 15.2 Å². The summed E-state index contributed by atoms with van der Waals surface area (Å²) in [7, 11) is 0. The number of rotatable bonds is 0. The number of thiazole rings is 1. The summed E-state index contributed by atoms with van der Waals surface area (Å²) in [6.07, 6.45) is 0.